The summed E-state index contributed by atoms with van der Waals surface area (Å²) in [7, 11) is -4.03. The molecule has 3 heteroatoms. The van der Waals surface area contributed by atoms with Crippen molar-refractivity contribution in [3.8, 4) is 11.1 Å². The minimum absolute atomic E-state index is 1.01. The molecule has 0 atom stereocenters. The van der Waals surface area contributed by atoms with Crippen LogP contribution >= 0.6 is 0 Å². The molecule has 1 nitrogen and oxygen atoms in total. The Morgan fingerprint density at radius 1 is 0.500 bits per heavy atom. The zero-order valence-corrected chi connectivity index (χ0v) is 22.5. The fourth-order valence-electron chi connectivity index (χ4n) is 6.25. The topological polar surface area (TPSA) is 3.24 Å². The molecule has 0 N–H and O–H groups in total. The van der Waals surface area contributed by atoms with Crippen molar-refractivity contribution < 1.29 is 0 Å². The lowest BCUT2D eigenvalue weighted by atomic mass is 9.93. The minimum atomic E-state index is -2.02. The fourth-order valence-corrected chi connectivity index (χ4v) is 17.0. The third-order valence-corrected chi connectivity index (χ3v) is 17.8. The normalized spacial score (nSPS) is 16.7. The van der Waals surface area contributed by atoms with Crippen LogP contribution in [0.25, 0.3) is 32.7 Å². The van der Waals surface area contributed by atoms with Crippen LogP contribution in [0.2, 0.25) is 26.2 Å². The molecule has 1 aliphatic heterocycles. The maximum atomic E-state index is 2.98. The van der Waals surface area contributed by atoms with Crippen molar-refractivity contribution in [2.24, 2.45) is 0 Å². The summed E-state index contributed by atoms with van der Waals surface area (Å²) in [4.78, 5) is 0. The molecule has 5 aromatic carbocycles. The molecule has 0 unspecified atom stereocenters. The molecule has 0 fully saturated rings. The van der Waals surface area contributed by atoms with Gasteiger partial charge in [-0.15, -0.1) is 0 Å². The molecule has 0 bridgehead atoms. The largest absolute Gasteiger partial charge is 0.335 e. The molecule has 0 amide bonds. The number of hydrogen-bond acceptors (Lipinski definition) is 1. The van der Waals surface area contributed by atoms with Gasteiger partial charge in [0.05, 0.1) is 0 Å². The third kappa shape index (κ3) is 3.15. The van der Waals surface area contributed by atoms with Gasteiger partial charge in [0, 0.05) is 6.54 Å². The Balaban J connectivity index is 1.76. The van der Waals surface area contributed by atoms with Crippen molar-refractivity contribution in [1.82, 2.24) is 4.23 Å². The van der Waals surface area contributed by atoms with Crippen LogP contribution in [0.1, 0.15) is 5.56 Å². The van der Waals surface area contributed by atoms with Crippen molar-refractivity contribution in [3.63, 3.8) is 0 Å². The van der Waals surface area contributed by atoms with Crippen LogP contribution in [0, 0.1) is 0 Å². The zero-order valence-electron chi connectivity index (χ0n) is 20.5. The van der Waals surface area contributed by atoms with E-state index in [9.17, 15) is 0 Å². The average Bonchev–Trinajstić information content (AvgIpc) is 2.91. The van der Waals surface area contributed by atoms with E-state index in [2.05, 4.69) is 134 Å². The Labute approximate surface area is 204 Å². The molecule has 34 heavy (non-hydrogen) atoms. The molecule has 0 saturated carbocycles. The molecular weight excluding hydrogens is 443 g/mol. The minimum Gasteiger partial charge on any atom is -0.335 e. The third-order valence-electron chi connectivity index (χ3n) is 7.96. The van der Waals surface area contributed by atoms with E-state index in [0.29, 0.717) is 0 Å². The van der Waals surface area contributed by atoms with Crippen LogP contribution in [-0.2, 0) is 6.54 Å². The Morgan fingerprint density at radius 2 is 0.941 bits per heavy atom. The predicted octanol–water partition coefficient (Wildman–Crippen LogP) is 7.00. The van der Waals surface area contributed by atoms with Gasteiger partial charge in [0.1, 0.15) is 16.5 Å². The van der Waals surface area contributed by atoms with Gasteiger partial charge >= 0.3 is 0 Å². The van der Waals surface area contributed by atoms with Gasteiger partial charge < -0.3 is 4.23 Å². The van der Waals surface area contributed by atoms with E-state index < -0.39 is 16.5 Å². The molecule has 6 rings (SSSR count). The molecule has 1 aliphatic rings. The summed E-state index contributed by atoms with van der Waals surface area (Å²) < 4.78 is 2.98. The van der Waals surface area contributed by atoms with Crippen molar-refractivity contribution in [3.05, 3.63) is 109 Å². The summed E-state index contributed by atoms with van der Waals surface area (Å²) in [6.45, 7) is 11.3. The van der Waals surface area contributed by atoms with Crippen molar-refractivity contribution in [2.75, 3.05) is 0 Å². The fraction of sp³-hybridized carbons (Fsp3) is 0.161. The van der Waals surface area contributed by atoms with Gasteiger partial charge in [-0.1, -0.05) is 129 Å². The lowest BCUT2D eigenvalue weighted by molar-refractivity contribution is 0.623. The van der Waals surface area contributed by atoms with Crippen LogP contribution in [0.5, 0.6) is 0 Å². The molecule has 168 valence electrons. The lowest BCUT2D eigenvalue weighted by Crippen LogP contribution is -2.69. The van der Waals surface area contributed by atoms with E-state index in [1.165, 1.54) is 38.2 Å². The van der Waals surface area contributed by atoms with E-state index in [0.717, 1.165) is 6.54 Å². The van der Waals surface area contributed by atoms with Crippen molar-refractivity contribution >= 4 is 48.4 Å². The highest BCUT2D eigenvalue weighted by atomic mass is 28.4. The highest BCUT2D eigenvalue weighted by molar-refractivity contribution is 7.04. The first-order valence-electron chi connectivity index (χ1n) is 12.3. The first-order valence-corrected chi connectivity index (χ1v) is 18.1. The van der Waals surface area contributed by atoms with Gasteiger partial charge in [-0.05, 0) is 48.6 Å². The maximum absolute atomic E-state index is 2.98. The van der Waals surface area contributed by atoms with Crippen LogP contribution < -0.4 is 10.4 Å². The summed E-state index contributed by atoms with van der Waals surface area (Å²) >= 11 is 0. The maximum Gasteiger partial charge on any atom is 0.148 e. The SMILES string of the molecule is C[Si]1(C)c2ccc3ccccc3c2-c2c(ccc3ccccc23)[Si](C)(C)N1Cc1ccccc1. The summed E-state index contributed by atoms with van der Waals surface area (Å²) in [5, 5.41) is 8.59. The van der Waals surface area contributed by atoms with Crippen LogP contribution in [0.3, 0.4) is 0 Å². The number of fused-ring (bicyclic) bond motifs is 7. The summed E-state index contributed by atoms with van der Waals surface area (Å²) in [6.07, 6.45) is 0. The highest BCUT2D eigenvalue weighted by Crippen LogP contribution is 2.39. The molecule has 0 aliphatic carbocycles. The second-order valence-corrected chi connectivity index (χ2v) is 19.4. The van der Waals surface area contributed by atoms with Gasteiger partial charge in [0.2, 0.25) is 0 Å². The van der Waals surface area contributed by atoms with Gasteiger partial charge in [0.25, 0.3) is 0 Å². The molecular formula is C31H31NSi2. The summed E-state index contributed by atoms with van der Waals surface area (Å²) in [5.41, 5.74) is 4.38. The first-order chi connectivity index (χ1) is 16.4. The van der Waals surface area contributed by atoms with E-state index >= 15 is 0 Å². The van der Waals surface area contributed by atoms with Crippen molar-refractivity contribution in [1.29, 1.82) is 0 Å². The number of hydrogen-bond donors (Lipinski definition) is 0. The van der Waals surface area contributed by atoms with E-state index in [-0.39, 0.29) is 0 Å². The zero-order chi connectivity index (χ0) is 23.5. The van der Waals surface area contributed by atoms with Crippen LogP contribution in [0.15, 0.2) is 103 Å². The number of rotatable bonds is 2. The predicted molar refractivity (Wildman–Crippen MR) is 153 cm³/mol. The highest BCUT2D eigenvalue weighted by Gasteiger charge is 2.48. The average molecular weight is 474 g/mol. The monoisotopic (exact) mass is 473 g/mol. The molecule has 0 saturated heterocycles. The standard InChI is InChI=1S/C31H31NSi2/c1-33(2)28-20-18-24-14-8-10-16-26(24)30(28)31-27-17-11-9-15-25(27)19-21-29(31)34(3,4)32(33)22-23-12-6-5-7-13-23/h5-21H,22H2,1-4H3. The van der Waals surface area contributed by atoms with Crippen LogP contribution in [-0.4, -0.2) is 20.7 Å². The number of benzene rings is 5. The van der Waals surface area contributed by atoms with E-state index in [1.807, 2.05) is 0 Å². The lowest BCUT2D eigenvalue weighted by Gasteiger charge is -2.46. The van der Waals surface area contributed by atoms with Gasteiger partial charge in [-0.25, -0.2) is 0 Å². The Bertz CT molecular complexity index is 1440. The smallest absolute Gasteiger partial charge is 0.148 e. The molecule has 0 radical (unpaired) electrons. The molecule has 1 heterocycles. The van der Waals surface area contributed by atoms with Crippen LogP contribution in [0.4, 0.5) is 0 Å². The summed E-state index contributed by atoms with van der Waals surface area (Å²) in [6, 6.07) is 38.7. The Morgan fingerprint density at radius 3 is 1.44 bits per heavy atom. The second-order valence-electron chi connectivity index (χ2n) is 10.6. The van der Waals surface area contributed by atoms with Gasteiger partial charge in [0.15, 0.2) is 0 Å². The molecule has 5 aromatic rings. The second kappa shape index (κ2) is 7.77. The van der Waals surface area contributed by atoms with Gasteiger partial charge in [-0.2, -0.15) is 0 Å². The Hall–Kier alpha value is -2.99. The first kappa shape index (κ1) is 21.5. The van der Waals surface area contributed by atoms with Gasteiger partial charge in [-0.3, -0.25) is 0 Å². The quantitative estimate of drug-likeness (QED) is 0.250. The van der Waals surface area contributed by atoms with E-state index in [1.54, 1.807) is 10.4 Å². The number of nitrogens with zero attached hydrogens (tertiary/aromatic N) is 1. The summed E-state index contributed by atoms with van der Waals surface area (Å²) in [5.74, 6) is 0. The van der Waals surface area contributed by atoms with E-state index in [4.69, 9.17) is 0 Å². The van der Waals surface area contributed by atoms with Crippen molar-refractivity contribution in [2.45, 2.75) is 32.7 Å². The molecule has 0 spiro atoms. The molecule has 0 aromatic heterocycles. The Kier molecular flexibility index (Phi) is 4.92.